The molecule has 1 aromatic rings. The summed E-state index contributed by atoms with van der Waals surface area (Å²) in [4.78, 5) is 34.3. The van der Waals surface area contributed by atoms with Crippen molar-refractivity contribution in [3.63, 3.8) is 0 Å². The van der Waals surface area contributed by atoms with Gasteiger partial charge in [0.2, 0.25) is 0 Å². The Morgan fingerprint density at radius 1 is 1.47 bits per heavy atom. The zero-order valence-electron chi connectivity index (χ0n) is 9.27. The van der Waals surface area contributed by atoms with E-state index in [0.717, 1.165) is 5.69 Å². The van der Waals surface area contributed by atoms with Gasteiger partial charge in [-0.3, -0.25) is 9.59 Å². The van der Waals surface area contributed by atoms with Crippen LogP contribution in [-0.4, -0.2) is 24.9 Å². The lowest BCUT2D eigenvalue weighted by molar-refractivity contribution is -0.116. The van der Waals surface area contributed by atoms with Crippen molar-refractivity contribution in [1.82, 2.24) is 0 Å². The van der Waals surface area contributed by atoms with E-state index in [2.05, 4.69) is 10.5 Å². The van der Waals surface area contributed by atoms with E-state index in [9.17, 15) is 14.5 Å². The molecule has 1 aliphatic rings. The summed E-state index contributed by atoms with van der Waals surface area (Å²) in [7, 11) is 0. The minimum absolute atomic E-state index is 0.0814. The van der Waals surface area contributed by atoms with Crippen LogP contribution in [0.5, 0.6) is 0 Å². The minimum atomic E-state index is -0.752. The zero-order chi connectivity index (χ0) is 12.4. The molecule has 0 spiro atoms. The van der Waals surface area contributed by atoms with E-state index in [1.807, 2.05) is 6.07 Å². The molecule has 1 aliphatic heterocycles. The second-order valence-electron chi connectivity index (χ2n) is 3.78. The molecule has 0 saturated carbocycles. The Balaban J connectivity index is 2.38. The number of carbonyl (C=O) groups is 2. The number of Topliss-reactive ketones (excluding diaryl/α,β-unsaturated/α-hetero) is 1. The Morgan fingerprint density at radius 2 is 2.24 bits per heavy atom. The quantitative estimate of drug-likeness (QED) is 0.630. The topological polar surface area (TPSA) is 78.8 Å². The van der Waals surface area contributed by atoms with Gasteiger partial charge in [0.25, 0.3) is 0 Å². The van der Waals surface area contributed by atoms with Gasteiger partial charge in [-0.05, 0) is 19.1 Å². The van der Waals surface area contributed by atoms with Crippen molar-refractivity contribution in [3.8, 4) is 0 Å². The molecule has 0 atom stereocenters. The number of nitrogens with one attached hydrogen (secondary N) is 1. The zero-order valence-corrected chi connectivity index (χ0v) is 9.27. The number of nitroso groups, excluding NO2 is 1. The number of ketones is 1. The lowest BCUT2D eigenvalue weighted by Gasteiger charge is -2.17. The van der Waals surface area contributed by atoms with Gasteiger partial charge in [-0.15, -0.1) is 4.91 Å². The van der Waals surface area contributed by atoms with Crippen LogP contribution >= 0.6 is 0 Å². The molecule has 1 heterocycles. The lowest BCUT2D eigenvalue weighted by Crippen LogP contribution is -2.29. The third-order valence-corrected chi connectivity index (χ3v) is 2.62. The lowest BCUT2D eigenvalue weighted by atomic mass is 10.1. The highest BCUT2D eigenvalue weighted by molar-refractivity contribution is 6.04. The number of rotatable bonds is 3. The maximum atomic E-state index is 11.5. The number of anilines is 2. The number of hydrogen-bond acceptors (Lipinski definition) is 5. The molecule has 0 aromatic heterocycles. The molecular weight excluding hydrogens is 222 g/mol. The predicted octanol–water partition coefficient (Wildman–Crippen LogP) is 1.37. The highest BCUT2D eigenvalue weighted by Crippen LogP contribution is 2.34. The Morgan fingerprint density at radius 3 is 2.88 bits per heavy atom. The predicted molar refractivity (Wildman–Crippen MR) is 63.1 cm³/mol. The summed E-state index contributed by atoms with van der Waals surface area (Å²) >= 11 is 0. The summed E-state index contributed by atoms with van der Waals surface area (Å²) in [6.07, 6.45) is 0. The van der Waals surface area contributed by atoms with E-state index in [-0.39, 0.29) is 12.3 Å². The van der Waals surface area contributed by atoms with E-state index in [1.54, 1.807) is 17.0 Å². The number of para-hydroxylation sites is 1. The van der Waals surface area contributed by atoms with Crippen LogP contribution in [0, 0.1) is 4.91 Å². The van der Waals surface area contributed by atoms with Gasteiger partial charge in [0.05, 0.1) is 18.0 Å². The second kappa shape index (κ2) is 4.32. The van der Waals surface area contributed by atoms with Crippen molar-refractivity contribution in [1.29, 1.82) is 0 Å². The number of carbonyl (C=O) groups excluding carboxylic acids is 2. The number of fused-ring (bicyclic) bond motifs is 1. The summed E-state index contributed by atoms with van der Waals surface area (Å²) in [5.41, 5.74) is 1.99. The molecule has 2 rings (SSSR count). The van der Waals surface area contributed by atoms with E-state index >= 15 is 0 Å². The molecule has 6 nitrogen and oxygen atoms in total. The van der Waals surface area contributed by atoms with Crippen LogP contribution in [-0.2, 0) is 4.79 Å². The second-order valence-corrected chi connectivity index (χ2v) is 3.78. The van der Waals surface area contributed by atoms with E-state index in [0.29, 0.717) is 17.9 Å². The number of benzene rings is 1. The Labute approximate surface area is 97.6 Å². The van der Waals surface area contributed by atoms with Gasteiger partial charge in [0, 0.05) is 10.7 Å². The van der Waals surface area contributed by atoms with Gasteiger partial charge in [0.1, 0.15) is 6.54 Å². The molecule has 88 valence electrons. The maximum absolute atomic E-state index is 11.5. The molecule has 0 aliphatic carbocycles. The fourth-order valence-electron chi connectivity index (χ4n) is 1.90. The molecule has 1 N–H and O–H groups in total. The Bertz CT molecular complexity index is 499. The van der Waals surface area contributed by atoms with Gasteiger partial charge in [-0.2, -0.15) is 0 Å². The van der Waals surface area contributed by atoms with E-state index in [1.165, 1.54) is 6.92 Å². The van der Waals surface area contributed by atoms with Crippen LogP contribution in [0.2, 0.25) is 0 Å². The summed E-state index contributed by atoms with van der Waals surface area (Å²) in [6.45, 7) is 1.74. The highest BCUT2D eigenvalue weighted by Gasteiger charge is 2.25. The van der Waals surface area contributed by atoms with Crippen molar-refractivity contribution in [2.24, 2.45) is 5.18 Å². The first-order chi connectivity index (χ1) is 8.13. The minimum Gasteiger partial charge on any atom is -0.366 e. The van der Waals surface area contributed by atoms with Gasteiger partial charge in [-0.25, -0.2) is 0 Å². The molecule has 0 saturated heterocycles. The van der Waals surface area contributed by atoms with Gasteiger partial charge in [-0.1, -0.05) is 6.07 Å². The van der Waals surface area contributed by atoms with Crippen LogP contribution < -0.4 is 10.2 Å². The Kier molecular flexibility index (Phi) is 2.86. The van der Waals surface area contributed by atoms with Crippen LogP contribution in [0.3, 0.4) is 0 Å². The van der Waals surface area contributed by atoms with Gasteiger partial charge < -0.3 is 10.2 Å². The van der Waals surface area contributed by atoms with Gasteiger partial charge >= 0.3 is 5.91 Å². The van der Waals surface area contributed by atoms with Crippen molar-refractivity contribution in [2.45, 2.75) is 6.92 Å². The fourth-order valence-corrected chi connectivity index (χ4v) is 1.90. The van der Waals surface area contributed by atoms with Crippen molar-refractivity contribution in [2.75, 3.05) is 23.4 Å². The highest BCUT2D eigenvalue weighted by atomic mass is 16.3. The summed E-state index contributed by atoms with van der Waals surface area (Å²) in [5.74, 6) is -0.833. The van der Waals surface area contributed by atoms with Crippen LogP contribution in [0.15, 0.2) is 23.4 Å². The first-order valence-electron chi connectivity index (χ1n) is 5.12. The van der Waals surface area contributed by atoms with Crippen molar-refractivity contribution < 1.29 is 9.59 Å². The maximum Gasteiger partial charge on any atom is 0.305 e. The van der Waals surface area contributed by atoms with Crippen LogP contribution in [0.4, 0.5) is 11.4 Å². The largest absolute Gasteiger partial charge is 0.366 e. The molecule has 0 unspecified atom stereocenters. The molecule has 0 fully saturated rings. The molecule has 1 aromatic carbocycles. The number of hydrogen-bond donors (Lipinski definition) is 1. The normalized spacial score (nSPS) is 12.9. The number of amides is 1. The molecular formula is C11H11N3O3. The summed E-state index contributed by atoms with van der Waals surface area (Å²) < 4.78 is 0. The average molecular weight is 233 g/mol. The van der Waals surface area contributed by atoms with Gasteiger partial charge in [0.15, 0.2) is 5.78 Å². The summed E-state index contributed by atoms with van der Waals surface area (Å²) in [6, 6.07) is 5.28. The van der Waals surface area contributed by atoms with Crippen molar-refractivity contribution in [3.05, 3.63) is 28.7 Å². The van der Waals surface area contributed by atoms with E-state index in [4.69, 9.17) is 0 Å². The third kappa shape index (κ3) is 2.01. The molecule has 0 radical (unpaired) electrons. The van der Waals surface area contributed by atoms with E-state index < -0.39 is 5.91 Å². The fraction of sp³-hybridized carbons (Fsp3) is 0.273. The number of nitrogens with zero attached hydrogens (tertiary/aromatic N) is 2. The van der Waals surface area contributed by atoms with Crippen LogP contribution in [0.25, 0.3) is 0 Å². The third-order valence-electron chi connectivity index (χ3n) is 2.62. The first-order valence-corrected chi connectivity index (χ1v) is 5.12. The first kappa shape index (κ1) is 11.3. The SMILES string of the molecule is CC(=O)c1cccc2c1N(CC(=O)N=O)CN2. The standard InChI is InChI=1S/C11H11N3O3/c1-7(15)8-3-2-4-9-11(8)14(6-12-9)5-10(16)13-17/h2-4,12H,5-6H2,1H3. The monoisotopic (exact) mass is 233 g/mol. The molecule has 6 heteroatoms. The Hall–Kier alpha value is -2.24. The van der Waals surface area contributed by atoms with Crippen molar-refractivity contribution >= 4 is 23.1 Å². The average Bonchev–Trinajstić information content (AvgIpc) is 2.72. The van der Waals surface area contributed by atoms with Crippen LogP contribution in [0.1, 0.15) is 17.3 Å². The summed E-state index contributed by atoms with van der Waals surface area (Å²) in [5, 5.41) is 5.41. The smallest absolute Gasteiger partial charge is 0.305 e. The molecule has 1 amide bonds. The molecule has 17 heavy (non-hydrogen) atoms. The molecule has 0 bridgehead atoms.